The molecule has 0 fully saturated rings. The molecule has 0 aliphatic heterocycles. The van der Waals surface area contributed by atoms with Gasteiger partial charge in [0.25, 0.3) is 5.56 Å². The molecule has 2 aromatic rings. The quantitative estimate of drug-likeness (QED) is 0.426. The van der Waals surface area contributed by atoms with E-state index in [1.807, 2.05) is 20.8 Å². The van der Waals surface area contributed by atoms with E-state index in [2.05, 4.69) is 10.3 Å². The minimum absolute atomic E-state index is 0.0401. The van der Waals surface area contributed by atoms with Crippen molar-refractivity contribution >= 4 is 17.7 Å². The Hall–Kier alpha value is -2.15. The number of nitrogens with zero attached hydrogens (tertiary/aromatic N) is 2. The first-order chi connectivity index (χ1) is 12.8. The van der Waals surface area contributed by atoms with Crippen molar-refractivity contribution in [3.05, 3.63) is 57.3 Å². The van der Waals surface area contributed by atoms with Crippen LogP contribution in [0.3, 0.4) is 0 Å². The fraction of sp³-hybridized carbons (Fsp3) is 0.450. The van der Waals surface area contributed by atoms with Gasteiger partial charge < -0.3 is 5.32 Å². The van der Waals surface area contributed by atoms with Gasteiger partial charge in [0.1, 0.15) is 5.82 Å². The van der Waals surface area contributed by atoms with Crippen molar-refractivity contribution in [3.63, 3.8) is 0 Å². The maximum atomic E-state index is 13.1. The number of aryl methyl sites for hydroxylation is 1. The number of hydrogen-bond donors (Lipinski definition) is 1. The van der Waals surface area contributed by atoms with Gasteiger partial charge in [-0.25, -0.2) is 9.37 Å². The Kier molecular flexibility index (Phi) is 7.59. The van der Waals surface area contributed by atoms with Crippen LogP contribution in [0.1, 0.15) is 43.5 Å². The van der Waals surface area contributed by atoms with E-state index in [-0.39, 0.29) is 23.3 Å². The molecule has 2 rings (SSSR count). The van der Waals surface area contributed by atoms with Crippen LogP contribution in [0.2, 0.25) is 0 Å². The molecule has 7 heteroatoms. The van der Waals surface area contributed by atoms with Crippen LogP contribution in [0.5, 0.6) is 0 Å². The lowest BCUT2D eigenvalue weighted by molar-refractivity contribution is -0.121. The highest BCUT2D eigenvalue weighted by Crippen LogP contribution is 2.18. The number of rotatable bonds is 8. The number of halogens is 1. The van der Waals surface area contributed by atoms with Crippen molar-refractivity contribution in [3.8, 4) is 0 Å². The van der Waals surface area contributed by atoms with Gasteiger partial charge in [-0.05, 0) is 44.9 Å². The fourth-order valence-electron chi connectivity index (χ4n) is 2.66. The van der Waals surface area contributed by atoms with Crippen LogP contribution in [0, 0.1) is 12.7 Å². The highest BCUT2D eigenvalue weighted by Gasteiger charge is 2.13. The zero-order valence-corrected chi connectivity index (χ0v) is 17.0. The number of amides is 1. The van der Waals surface area contributed by atoms with Crippen molar-refractivity contribution < 1.29 is 9.18 Å². The van der Waals surface area contributed by atoms with E-state index < -0.39 is 0 Å². The second kappa shape index (κ2) is 9.69. The lowest BCUT2D eigenvalue weighted by Crippen LogP contribution is -2.29. The molecule has 1 N–H and O–H groups in total. The summed E-state index contributed by atoms with van der Waals surface area (Å²) in [6.45, 7) is 5.69. The number of carbonyl (C=O) groups is 1. The van der Waals surface area contributed by atoms with Gasteiger partial charge in [-0.3, -0.25) is 14.2 Å². The van der Waals surface area contributed by atoms with Crippen molar-refractivity contribution in [1.29, 1.82) is 0 Å². The van der Waals surface area contributed by atoms with Crippen LogP contribution in [0.15, 0.2) is 34.2 Å². The number of nitrogens with one attached hydrogen (secondary N) is 1. The topological polar surface area (TPSA) is 64.0 Å². The highest BCUT2D eigenvalue weighted by atomic mass is 32.2. The van der Waals surface area contributed by atoms with Gasteiger partial charge in [-0.1, -0.05) is 23.9 Å². The van der Waals surface area contributed by atoms with Gasteiger partial charge in [0.2, 0.25) is 5.91 Å². The number of benzene rings is 1. The van der Waals surface area contributed by atoms with Gasteiger partial charge in [-0.2, -0.15) is 0 Å². The number of carbonyl (C=O) groups excluding carboxylic acids is 1. The third kappa shape index (κ3) is 6.20. The predicted octanol–water partition coefficient (Wildman–Crippen LogP) is 3.22. The summed E-state index contributed by atoms with van der Waals surface area (Å²) in [7, 11) is 1.71. The molecule has 1 aromatic carbocycles. The summed E-state index contributed by atoms with van der Waals surface area (Å²) >= 11 is 1.48. The van der Waals surface area contributed by atoms with Crippen LogP contribution >= 0.6 is 11.8 Å². The summed E-state index contributed by atoms with van der Waals surface area (Å²) in [5.41, 5.74) is 2.08. The predicted molar refractivity (Wildman–Crippen MR) is 107 cm³/mol. The van der Waals surface area contributed by atoms with Gasteiger partial charge >= 0.3 is 0 Å². The average molecular weight is 392 g/mol. The number of hydrogen-bond acceptors (Lipinski definition) is 4. The molecule has 5 nitrogen and oxygen atoms in total. The monoisotopic (exact) mass is 391 g/mol. The van der Waals surface area contributed by atoms with E-state index in [0.29, 0.717) is 35.0 Å². The first-order valence-electron chi connectivity index (χ1n) is 9.01. The summed E-state index contributed by atoms with van der Waals surface area (Å²) in [5, 5.41) is 3.51. The van der Waals surface area contributed by atoms with E-state index in [0.717, 1.165) is 12.0 Å². The molecule has 27 heavy (non-hydrogen) atoms. The van der Waals surface area contributed by atoms with Crippen LogP contribution < -0.4 is 10.9 Å². The largest absolute Gasteiger partial charge is 0.354 e. The Labute approximate surface area is 163 Å². The molecule has 0 aliphatic rings. The zero-order chi connectivity index (χ0) is 20.0. The molecular formula is C20H26FN3O2S. The van der Waals surface area contributed by atoms with E-state index in [4.69, 9.17) is 0 Å². The SMILES string of the molecule is Cc1nc(SCCCC(=O)NC(C)C)n(C)c(=O)c1Cc1ccc(F)cc1. The summed E-state index contributed by atoms with van der Waals surface area (Å²) in [4.78, 5) is 28.9. The van der Waals surface area contributed by atoms with Crippen LogP contribution in [-0.2, 0) is 18.3 Å². The maximum absolute atomic E-state index is 13.1. The van der Waals surface area contributed by atoms with Gasteiger partial charge in [0.15, 0.2) is 5.16 Å². The molecule has 0 saturated carbocycles. The van der Waals surface area contributed by atoms with Gasteiger partial charge in [0.05, 0.1) is 0 Å². The lowest BCUT2D eigenvalue weighted by Gasteiger charge is -2.12. The fourth-order valence-corrected chi connectivity index (χ4v) is 3.61. The van der Waals surface area contributed by atoms with Crippen molar-refractivity contribution in [2.75, 3.05) is 5.75 Å². The Balaban J connectivity index is 2.02. The Bertz CT molecular complexity index is 848. The summed E-state index contributed by atoms with van der Waals surface area (Å²) < 4.78 is 14.6. The zero-order valence-electron chi connectivity index (χ0n) is 16.2. The maximum Gasteiger partial charge on any atom is 0.257 e. The molecule has 0 atom stereocenters. The summed E-state index contributed by atoms with van der Waals surface area (Å²) in [6.07, 6.45) is 1.60. The Morgan fingerprint density at radius 1 is 1.30 bits per heavy atom. The van der Waals surface area contributed by atoms with Crippen molar-refractivity contribution in [2.24, 2.45) is 7.05 Å². The van der Waals surface area contributed by atoms with E-state index in [1.165, 1.54) is 23.9 Å². The standard InChI is InChI=1S/C20H26FN3O2S/c1-13(2)22-18(25)6-5-11-27-20-23-14(3)17(19(26)24(20)4)12-15-7-9-16(21)10-8-15/h7-10,13H,5-6,11-12H2,1-4H3,(H,22,25). The van der Waals surface area contributed by atoms with E-state index in [1.54, 1.807) is 23.7 Å². The summed E-state index contributed by atoms with van der Waals surface area (Å²) in [5.74, 6) is 0.455. The molecular weight excluding hydrogens is 365 g/mol. The second-order valence-corrected chi connectivity index (χ2v) is 7.86. The lowest BCUT2D eigenvalue weighted by atomic mass is 10.1. The normalized spacial score (nSPS) is 11.0. The first kappa shape index (κ1) is 21.2. The Morgan fingerprint density at radius 2 is 1.96 bits per heavy atom. The minimum Gasteiger partial charge on any atom is -0.354 e. The van der Waals surface area contributed by atoms with E-state index in [9.17, 15) is 14.0 Å². The molecule has 0 unspecified atom stereocenters. The average Bonchev–Trinajstić information content (AvgIpc) is 2.60. The van der Waals surface area contributed by atoms with E-state index >= 15 is 0 Å². The van der Waals surface area contributed by atoms with Crippen LogP contribution in [-0.4, -0.2) is 27.3 Å². The third-order valence-electron chi connectivity index (χ3n) is 4.07. The first-order valence-corrected chi connectivity index (χ1v) is 9.99. The number of thioether (sulfide) groups is 1. The highest BCUT2D eigenvalue weighted by molar-refractivity contribution is 7.99. The second-order valence-electron chi connectivity index (χ2n) is 6.80. The van der Waals surface area contributed by atoms with Crippen LogP contribution in [0.25, 0.3) is 0 Å². The third-order valence-corrected chi connectivity index (χ3v) is 5.19. The molecule has 1 aromatic heterocycles. The molecule has 0 spiro atoms. The summed E-state index contributed by atoms with van der Waals surface area (Å²) in [6, 6.07) is 6.28. The molecule has 146 valence electrons. The van der Waals surface area contributed by atoms with Crippen molar-refractivity contribution in [2.45, 2.75) is 51.2 Å². The molecule has 1 heterocycles. The van der Waals surface area contributed by atoms with Gasteiger partial charge in [-0.15, -0.1) is 0 Å². The molecule has 0 radical (unpaired) electrons. The molecule has 0 aliphatic carbocycles. The Morgan fingerprint density at radius 3 is 2.59 bits per heavy atom. The van der Waals surface area contributed by atoms with Crippen molar-refractivity contribution in [1.82, 2.24) is 14.9 Å². The molecule has 1 amide bonds. The van der Waals surface area contributed by atoms with Crippen LogP contribution in [0.4, 0.5) is 4.39 Å². The minimum atomic E-state index is -0.296. The molecule has 0 saturated heterocycles. The number of aromatic nitrogens is 2. The van der Waals surface area contributed by atoms with Gasteiger partial charge in [0, 0.05) is 42.9 Å². The molecule has 0 bridgehead atoms. The smallest absolute Gasteiger partial charge is 0.257 e.